The number of hydrogen-bond acceptors (Lipinski definition) is 6. The van der Waals surface area contributed by atoms with Crippen molar-refractivity contribution in [2.75, 3.05) is 13.2 Å². The van der Waals surface area contributed by atoms with E-state index in [2.05, 4.69) is 0 Å². The number of hydrogen-bond donors (Lipinski definition) is 0. The summed E-state index contributed by atoms with van der Waals surface area (Å²) in [5, 5.41) is 0. The van der Waals surface area contributed by atoms with Crippen molar-refractivity contribution in [1.29, 1.82) is 0 Å². The third kappa shape index (κ3) is 10.1. The molecular formula is C22H33NO6. The highest BCUT2D eigenvalue weighted by atomic mass is 16.5. The van der Waals surface area contributed by atoms with Crippen LogP contribution in [0.5, 0.6) is 0 Å². The second-order valence-electron chi connectivity index (χ2n) is 7.56. The number of esters is 1. The van der Waals surface area contributed by atoms with Crippen molar-refractivity contribution in [3.8, 4) is 0 Å². The van der Waals surface area contributed by atoms with E-state index < -0.39 is 23.7 Å². The summed E-state index contributed by atoms with van der Waals surface area (Å²) >= 11 is 0. The number of ketones is 2. The van der Waals surface area contributed by atoms with Crippen LogP contribution >= 0.6 is 0 Å². The Morgan fingerprint density at radius 3 is 1.72 bits per heavy atom. The lowest BCUT2D eigenvalue weighted by atomic mass is 9.93. The molecule has 0 fully saturated rings. The second kappa shape index (κ2) is 13.8. The number of Topliss-reactive ketones (excluding diaryl/α,β-unsaturated/α-hetero) is 2. The van der Waals surface area contributed by atoms with Crippen LogP contribution in [0.25, 0.3) is 0 Å². The van der Waals surface area contributed by atoms with Gasteiger partial charge in [-0.3, -0.25) is 28.9 Å². The van der Waals surface area contributed by atoms with Crippen LogP contribution in [0, 0.1) is 5.92 Å². The largest absolute Gasteiger partial charge is 0.464 e. The maximum Gasteiger partial charge on any atom is 0.326 e. The average molecular weight is 408 g/mol. The molecule has 0 aliphatic carbocycles. The maximum atomic E-state index is 11.6. The van der Waals surface area contributed by atoms with Crippen LogP contribution < -0.4 is 0 Å². The molecule has 0 aromatic carbocycles. The van der Waals surface area contributed by atoms with Gasteiger partial charge in [-0.05, 0) is 26.7 Å². The zero-order valence-corrected chi connectivity index (χ0v) is 17.6. The molecule has 0 saturated heterocycles. The van der Waals surface area contributed by atoms with Crippen molar-refractivity contribution in [3.05, 3.63) is 12.2 Å². The molecule has 1 aliphatic rings. The Hall–Kier alpha value is -2.31. The summed E-state index contributed by atoms with van der Waals surface area (Å²) in [6.45, 7) is 2.94. The SMILES string of the molecule is CC(=O)C(CCCCCCCCCCCOC(=O)CN1C(=O)C=CC1=O)C(C)=O. The van der Waals surface area contributed by atoms with E-state index in [4.69, 9.17) is 4.74 Å². The average Bonchev–Trinajstić information content (AvgIpc) is 2.96. The lowest BCUT2D eigenvalue weighted by Gasteiger charge is -2.12. The van der Waals surface area contributed by atoms with E-state index in [9.17, 15) is 24.0 Å². The number of unbranched alkanes of at least 4 members (excludes halogenated alkanes) is 8. The summed E-state index contributed by atoms with van der Waals surface area (Å²) in [5.74, 6) is -2.00. The Morgan fingerprint density at radius 1 is 0.793 bits per heavy atom. The quantitative estimate of drug-likeness (QED) is 0.169. The van der Waals surface area contributed by atoms with E-state index in [1.54, 1.807) is 0 Å². The molecule has 29 heavy (non-hydrogen) atoms. The second-order valence-corrected chi connectivity index (χ2v) is 7.56. The molecule has 0 aromatic rings. The minimum atomic E-state index is -0.563. The van der Waals surface area contributed by atoms with Gasteiger partial charge in [-0.1, -0.05) is 51.4 Å². The first-order valence-corrected chi connectivity index (χ1v) is 10.5. The maximum absolute atomic E-state index is 11.6. The van der Waals surface area contributed by atoms with Crippen molar-refractivity contribution < 1.29 is 28.7 Å². The fraction of sp³-hybridized carbons (Fsp3) is 0.682. The molecule has 2 amide bonds. The molecule has 0 N–H and O–H groups in total. The molecule has 7 heteroatoms. The predicted molar refractivity (Wildman–Crippen MR) is 108 cm³/mol. The molecule has 0 radical (unpaired) electrons. The Morgan fingerprint density at radius 2 is 1.24 bits per heavy atom. The van der Waals surface area contributed by atoms with Crippen molar-refractivity contribution in [1.82, 2.24) is 4.90 Å². The highest BCUT2D eigenvalue weighted by Crippen LogP contribution is 2.15. The molecule has 0 saturated carbocycles. The normalized spacial score (nSPS) is 13.4. The van der Waals surface area contributed by atoms with Crippen molar-refractivity contribution in [3.63, 3.8) is 0 Å². The molecule has 0 unspecified atom stereocenters. The highest BCUT2D eigenvalue weighted by Gasteiger charge is 2.26. The first-order valence-electron chi connectivity index (χ1n) is 10.5. The van der Waals surface area contributed by atoms with E-state index in [-0.39, 0.29) is 18.1 Å². The van der Waals surface area contributed by atoms with Crippen LogP contribution in [0.2, 0.25) is 0 Å². The smallest absolute Gasteiger partial charge is 0.326 e. The summed E-state index contributed by atoms with van der Waals surface area (Å²) < 4.78 is 5.06. The molecule has 0 aromatic heterocycles. The summed E-state index contributed by atoms with van der Waals surface area (Å²) in [5.41, 5.74) is 0. The Labute approximate surface area is 172 Å². The van der Waals surface area contributed by atoms with E-state index in [1.807, 2.05) is 0 Å². The molecule has 0 atom stereocenters. The first kappa shape index (κ1) is 24.7. The van der Waals surface area contributed by atoms with Crippen molar-refractivity contribution in [2.45, 2.75) is 78.1 Å². The van der Waals surface area contributed by atoms with Gasteiger partial charge >= 0.3 is 5.97 Å². The van der Waals surface area contributed by atoms with Crippen LogP contribution in [0.3, 0.4) is 0 Å². The van der Waals surface area contributed by atoms with E-state index in [0.29, 0.717) is 13.0 Å². The van der Waals surface area contributed by atoms with Crippen LogP contribution in [-0.4, -0.2) is 47.4 Å². The standard InChI is InChI=1S/C22H33NO6/c1-17(24)19(18(2)25)12-10-8-6-4-3-5-7-9-11-15-29-22(28)16-23-20(26)13-14-21(23)27/h13-14,19H,3-12,15-16H2,1-2H3. The van der Waals surface area contributed by atoms with Gasteiger partial charge in [0, 0.05) is 12.2 Å². The van der Waals surface area contributed by atoms with Gasteiger partial charge in [0.1, 0.15) is 18.1 Å². The fourth-order valence-corrected chi connectivity index (χ4v) is 3.33. The van der Waals surface area contributed by atoms with Crippen molar-refractivity contribution in [2.24, 2.45) is 5.92 Å². The molecular weight excluding hydrogens is 374 g/mol. The first-order chi connectivity index (χ1) is 13.8. The van der Waals surface area contributed by atoms with Gasteiger partial charge in [-0.25, -0.2) is 0 Å². The molecule has 1 heterocycles. The van der Waals surface area contributed by atoms with Gasteiger partial charge < -0.3 is 4.74 Å². The number of ether oxygens (including phenoxy) is 1. The van der Waals surface area contributed by atoms with Gasteiger partial charge in [0.05, 0.1) is 12.5 Å². The summed E-state index contributed by atoms with van der Waals surface area (Å²) in [6.07, 6.45) is 12.3. The number of carbonyl (C=O) groups is 5. The molecule has 1 rings (SSSR count). The Bertz CT molecular complexity index is 593. The molecule has 0 spiro atoms. The summed E-state index contributed by atoms with van der Waals surface area (Å²) in [7, 11) is 0. The van der Waals surface area contributed by atoms with Crippen molar-refractivity contribution >= 4 is 29.4 Å². The third-order valence-electron chi connectivity index (χ3n) is 5.07. The molecule has 0 bridgehead atoms. The number of rotatable bonds is 16. The van der Waals surface area contributed by atoms with Gasteiger partial charge in [0.15, 0.2) is 0 Å². The predicted octanol–water partition coefficient (Wildman–Crippen LogP) is 3.15. The van der Waals surface area contributed by atoms with Crippen LogP contribution in [0.4, 0.5) is 0 Å². The highest BCUT2D eigenvalue weighted by molar-refractivity contribution is 6.14. The minimum absolute atomic E-state index is 0.0294. The monoisotopic (exact) mass is 407 g/mol. The summed E-state index contributed by atoms with van der Waals surface area (Å²) in [4.78, 5) is 57.9. The van der Waals surface area contributed by atoms with E-state index in [1.165, 1.54) is 13.8 Å². The van der Waals surface area contributed by atoms with Crippen LogP contribution in [0.1, 0.15) is 78.1 Å². The third-order valence-corrected chi connectivity index (χ3v) is 5.07. The summed E-state index contributed by atoms with van der Waals surface area (Å²) in [6, 6.07) is 0. The van der Waals surface area contributed by atoms with Crippen LogP contribution in [0.15, 0.2) is 12.2 Å². The van der Waals surface area contributed by atoms with E-state index >= 15 is 0 Å². The van der Waals surface area contributed by atoms with Gasteiger partial charge in [0.2, 0.25) is 0 Å². The molecule has 162 valence electrons. The van der Waals surface area contributed by atoms with E-state index in [0.717, 1.165) is 74.8 Å². The number of amides is 2. The zero-order valence-electron chi connectivity index (χ0n) is 17.6. The fourth-order valence-electron chi connectivity index (χ4n) is 3.33. The lowest BCUT2D eigenvalue weighted by Crippen LogP contribution is -2.35. The zero-order chi connectivity index (χ0) is 21.6. The van der Waals surface area contributed by atoms with Gasteiger partial charge in [-0.2, -0.15) is 0 Å². The van der Waals surface area contributed by atoms with Gasteiger partial charge in [0.25, 0.3) is 11.8 Å². The number of imide groups is 1. The minimum Gasteiger partial charge on any atom is -0.464 e. The topological polar surface area (TPSA) is 97.8 Å². The number of nitrogens with zero attached hydrogens (tertiary/aromatic N) is 1. The van der Waals surface area contributed by atoms with Gasteiger partial charge in [-0.15, -0.1) is 0 Å². The Kier molecular flexibility index (Phi) is 11.8. The number of carbonyl (C=O) groups excluding carboxylic acids is 5. The molecule has 1 aliphatic heterocycles. The molecule has 7 nitrogen and oxygen atoms in total. The lowest BCUT2D eigenvalue weighted by molar-refractivity contribution is -0.151. The Balaban J connectivity index is 1.90. The van der Waals surface area contributed by atoms with Crippen LogP contribution in [-0.2, 0) is 28.7 Å².